The average Bonchev–Trinajstić information content (AvgIpc) is 3.46. The summed E-state index contributed by atoms with van der Waals surface area (Å²) in [6, 6.07) is 13.4. The number of H-pyrrole nitrogens is 2. The molecule has 9 heteroatoms. The van der Waals surface area contributed by atoms with Crippen molar-refractivity contribution in [3.63, 3.8) is 0 Å². The molecule has 0 radical (unpaired) electrons. The predicted octanol–water partition coefficient (Wildman–Crippen LogP) is 3.52. The Hall–Kier alpha value is -3.56. The molecule has 1 atom stereocenters. The molecule has 0 aliphatic carbocycles. The second-order valence-electron chi connectivity index (χ2n) is 7.93. The van der Waals surface area contributed by atoms with Crippen LogP contribution in [-0.4, -0.2) is 48.1 Å². The van der Waals surface area contributed by atoms with Crippen LogP contribution in [0, 0.1) is 0 Å². The molecule has 170 valence electrons. The Kier molecular flexibility index (Phi) is 5.65. The second-order valence-corrected chi connectivity index (χ2v) is 8.91. The largest absolute Gasteiger partial charge is 0.493 e. The molecule has 0 bridgehead atoms. The number of carbonyl (C=O) groups is 1. The minimum atomic E-state index is -0.272. The standard InChI is InChI=1S/C24H24N4O4S/c1-31-19-10-14-7-8-28(23(21-4-3-9-33-21)16(14)12-20(19)32-2)13-22(29)25-15-5-6-17-18(11-15)27-24(30)26-17/h3-6,9-12,23H,7-8,13H2,1-2H3,(H,25,29)(H2,26,27,30). The highest BCUT2D eigenvalue weighted by atomic mass is 32.1. The van der Waals surface area contributed by atoms with Crippen molar-refractivity contribution in [2.24, 2.45) is 0 Å². The van der Waals surface area contributed by atoms with Crippen molar-refractivity contribution in [2.45, 2.75) is 12.5 Å². The van der Waals surface area contributed by atoms with Crippen molar-refractivity contribution in [3.8, 4) is 11.5 Å². The molecule has 0 saturated heterocycles. The highest BCUT2D eigenvalue weighted by molar-refractivity contribution is 7.10. The van der Waals surface area contributed by atoms with Crippen molar-refractivity contribution in [3.05, 3.63) is 74.3 Å². The Labute approximate surface area is 194 Å². The minimum absolute atomic E-state index is 0.0529. The number of ether oxygens (including phenoxy) is 2. The van der Waals surface area contributed by atoms with E-state index in [1.807, 2.05) is 18.2 Å². The molecule has 33 heavy (non-hydrogen) atoms. The van der Waals surface area contributed by atoms with Gasteiger partial charge >= 0.3 is 5.69 Å². The van der Waals surface area contributed by atoms with Gasteiger partial charge in [0.1, 0.15) is 0 Å². The van der Waals surface area contributed by atoms with Crippen LogP contribution in [0.1, 0.15) is 22.0 Å². The highest BCUT2D eigenvalue weighted by Gasteiger charge is 2.32. The van der Waals surface area contributed by atoms with E-state index < -0.39 is 0 Å². The molecular formula is C24H24N4O4S. The van der Waals surface area contributed by atoms with E-state index in [4.69, 9.17) is 9.47 Å². The number of nitrogens with one attached hydrogen (secondary N) is 3. The number of benzene rings is 2. The molecule has 3 heterocycles. The summed E-state index contributed by atoms with van der Waals surface area (Å²) in [7, 11) is 3.27. The zero-order valence-electron chi connectivity index (χ0n) is 18.3. The molecule has 1 amide bonds. The summed E-state index contributed by atoms with van der Waals surface area (Å²) in [5, 5.41) is 5.01. The molecular weight excluding hydrogens is 440 g/mol. The maximum atomic E-state index is 13.0. The first kappa shape index (κ1) is 21.3. The molecule has 0 spiro atoms. The molecule has 0 fully saturated rings. The maximum absolute atomic E-state index is 13.0. The molecule has 0 saturated carbocycles. The van der Waals surface area contributed by atoms with Gasteiger partial charge in [0.15, 0.2) is 11.5 Å². The van der Waals surface area contributed by atoms with E-state index in [9.17, 15) is 9.59 Å². The Morgan fingerprint density at radius 3 is 2.67 bits per heavy atom. The van der Waals surface area contributed by atoms with Gasteiger partial charge in [-0.05, 0) is 59.3 Å². The number of rotatable bonds is 6. The first-order valence-corrected chi connectivity index (χ1v) is 11.5. The number of carbonyl (C=O) groups excluding carboxylic acids is 1. The summed E-state index contributed by atoms with van der Waals surface area (Å²) in [6.07, 6.45) is 0.807. The maximum Gasteiger partial charge on any atom is 0.323 e. The normalized spacial score (nSPS) is 15.9. The van der Waals surface area contributed by atoms with Gasteiger partial charge < -0.3 is 24.8 Å². The number of thiophene rings is 1. The number of nitrogens with zero attached hydrogens (tertiary/aromatic N) is 1. The van der Waals surface area contributed by atoms with Gasteiger partial charge in [-0.1, -0.05) is 6.07 Å². The molecule has 3 N–H and O–H groups in total. The number of fused-ring (bicyclic) bond motifs is 2. The first-order valence-electron chi connectivity index (χ1n) is 10.6. The summed E-state index contributed by atoms with van der Waals surface area (Å²) >= 11 is 1.67. The van der Waals surface area contributed by atoms with Crippen LogP contribution in [0.5, 0.6) is 11.5 Å². The number of methoxy groups -OCH3 is 2. The number of hydrogen-bond donors (Lipinski definition) is 3. The van der Waals surface area contributed by atoms with E-state index in [1.54, 1.807) is 43.8 Å². The van der Waals surface area contributed by atoms with E-state index in [0.29, 0.717) is 28.2 Å². The summed E-state index contributed by atoms with van der Waals surface area (Å²) in [6.45, 7) is 0.973. The lowest BCUT2D eigenvalue weighted by molar-refractivity contribution is -0.117. The molecule has 1 unspecified atom stereocenters. The lowest BCUT2D eigenvalue weighted by Crippen LogP contribution is -2.40. The van der Waals surface area contributed by atoms with Crippen molar-refractivity contribution in [1.82, 2.24) is 14.9 Å². The minimum Gasteiger partial charge on any atom is -0.493 e. The number of aromatic nitrogens is 2. The van der Waals surface area contributed by atoms with E-state index in [1.165, 1.54) is 10.4 Å². The molecule has 4 aromatic rings. The van der Waals surface area contributed by atoms with E-state index in [-0.39, 0.29) is 24.2 Å². The van der Waals surface area contributed by atoms with Crippen LogP contribution in [0.15, 0.2) is 52.6 Å². The van der Waals surface area contributed by atoms with Gasteiger partial charge in [0.05, 0.1) is 37.8 Å². The molecule has 1 aliphatic heterocycles. The quantitative estimate of drug-likeness (QED) is 0.406. The molecule has 1 aliphatic rings. The molecule has 2 aromatic heterocycles. The van der Waals surface area contributed by atoms with Gasteiger partial charge in [-0.2, -0.15) is 0 Å². The monoisotopic (exact) mass is 464 g/mol. The van der Waals surface area contributed by atoms with Crippen LogP contribution in [-0.2, 0) is 11.2 Å². The Balaban J connectivity index is 1.42. The number of anilines is 1. The third-order valence-corrected chi connectivity index (χ3v) is 6.86. The van der Waals surface area contributed by atoms with Gasteiger partial charge in [0.2, 0.25) is 5.91 Å². The topological polar surface area (TPSA) is 99.4 Å². The molecule has 2 aromatic carbocycles. The fraction of sp³-hybridized carbons (Fsp3) is 0.250. The number of imidazole rings is 1. The lowest BCUT2D eigenvalue weighted by Gasteiger charge is -2.37. The third kappa shape index (κ3) is 4.12. The van der Waals surface area contributed by atoms with Crippen molar-refractivity contribution in [1.29, 1.82) is 0 Å². The Morgan fingerprint density at radius 2 is 1.91 bits per heavy atom. The van der Waals surface area contributed by atoms with Crippen molar-refractivity contribution in [2.75, 3.05) is 32.6 Å². The van der Waals surface area contributed by atoms with Crippen LogP contribution in [0.3, 0.4) is 0 Å². The molecule has 8 nitrogen and oxygen atoms in total. The first-order chi connectivity index (χ1) is 16.1. The van der Waals surface area contributed by atoms with Crippen LogP contribution in [0.4, 0.5) is 5.69 Å². The Morgan fingerprint density at radius 1 is 1.12 bits per heavy atom. The van der Waals surface area contributed by atoms with Crippen LogP contribution < -0.4 is 20.5 Å². The van der Waals surface area contributed by atoms with Gasteiger partial charge in [-0.25, -0.2) is 4.79 Å². The number of amides is 1. The SMILES string of the molecule is COc1cc2c(cc1OC)C(c1cccs1)N(CC(=O)Nc1ccc3[nH]c(=O)[nH]c3c1)CC2. The van der Waals surface area contributed by atoms with Crippen LogP contribution in [0.2, 0.25) is 0 Å². The van der Waals surface area contributed by atoms with Gasteiger partial charge in [-0.15, -0.1) is 11.3 Å². The Bertz CT molecular complexity index is 1360. The van der Waals surface area contributed by atoms with E-state index >= 15 is 0 Å². The van der Waals surface area contributed by atoms with Gasteiger partial charge in [-0.3, -0.25) is 9.69 Å². The fourth-order valence-corrected chi connectivity index (χ4v) is 5.32. The predicted molar refractivity (Wildman–Crippen MR) is 129 cm³/mol. The summed E-state index contributed by atoms with van der Waals surface area (Å²) in [5.74, 6) is 1.28. The lowest BCUT2D eigenvalue weighted by atomic mass is 9.91. The average molecular weight is 465 g/mol. The zero-order chi connectivity index (χ0) is 22.9. The summed E-state index contributed by atoms with van der Waals surface area (Å²) < 4.78 is 11.0. The second kappa shape index (κ2) is 8.76. The van der Waals surface area contributed by atoms with Crippen molar-refractivity contribution >= 4 is 34.0 Å². The number of aromatic amines is 2. The highest BCUT2D eigenvalue weighted by Crippen LogP contribution is 2.42. The van der Waals surface area contributed by atoms with Gasteiger partial charge in [0.25, 0.3) is 0 Å². The third-order valence-electron chi connectivity index (χ3n) is 5.93. The fourth-order valence-electron chi connectivity index (χ4n) is 4.44. The number of hydrogen-bond acceptors (Lipinski definition) is 6. The molecule has 5 rings (SSSR count). The van der Waals surface area contributed by atoms with E-state index in [0.717, 1.165) is 18.5 Å². The zero-order valence-corrected chi connectivity index (χ0v) is 19.1. The smallest absolute Gasteiger partial charge is 0.323 e. The van der Waals surface area contributed by atoms with Crippen LogP contribution >= 0.6 is 11.3 Å². The van der Waals surface area contributed by atoms with Gasteiger partial charge in [0, 0.05) is 17.1 Å². The van der Waals surface area contributed by atoms with Crippen LogP contribution in [0.25, 0.3) is 11.0 Å². The van der Waals surface area contributed by atoms with Crippen molar-refractivity contribution < 1.29 is 14.3 Å². The summed E-state index contributed by atoms with van der Waals surface area (Å²) in [5.41, 5.74) is 4.05. The summed E-state index contributed by atoms with van der Waals surface area (Å²) in [4.78, 5) is 33.3. The van der Waals surface area contributed by atoms with E-state index in [2.05, 4.69) is 31.6 Å².